The molecule has 2 heterocycles. The largest absolute Gasteiger partial charge is 0.389 e. The van der Waals surface area contributed by atoms with Crippen LogP contribution >= 0.6 is 0 Å². The van der Waals surface area contributed by atoms with Gasteiger partial charge in [-0.3, -0.25) is 0 Å². The molecule has 0 saturated carbocycles. The number of hydrogen-bond donors (Lipinski definition) is 3. The van der Waals surface area contributed by atoms with E-state index in [9.17, 15) is 5.11 Å². The Morgan fingerprint density at radius 3 is 2.35 bits per heavy atom. The number of anilines is 1. The lowest BCUT2D eigenvalue weighted by molar-refractivity contribution is 0.0615. The minimum atomic E-state index is -0.880. The van der Waals surface area contributed by atoms with Gasteiger partial charge < -0.3 is 21.1 Å². The van der Waals surface area contributed by atoms with E-state index in [-0.39, 0.29) is 5.92 Å². The van der Waals surface area contributed by atoms with Gasteiger partial charge in [0.1, 0.15) is 11.3 Å². The van der Waals surface area contributed by atoms with E-state index in [2.05, 4.69) is 60.9 Å². The van der Waals surface area contributed by atoms with Crippen LogP contribution < -0.4 is 11.5 Å². The molecule has 0 amide bonds. The first kappa shape index (κ1) is 24.2. The van der Waals surface area contributed by atoms with Crippen molar-refractivity contribution in [3.63, 3.8) is 0 Å². The van der Waals surface area contributed by atoms with Crippen molar-refractivity contribution in [2.45, 2.75) is 71.4 Å². The molecule has 0 aliphatic heterocycles. The Hall–Kier alpha value is -2.96. The maximum atomic E-state index is 10.7. The van der Waals surface area contributed by atoms with Crippen LogP contribution in [0, 0.1) is 0 Å². The summed E-state index contributed by atoms with van der Waals surface area (Å²) in [5, 5.41) is 11.7. The molecule has 0 bridgehead atoms. The highest BCUT2D eigenvalue weighted by Crippen LogP contribution is 2.34. The van der Waals surface area contributed by atoms with Crippen molar-refractivity contribution in [3.8, 4) is 0 Å². The van der Waals surface area contributed by atoms with E-state index >= 15 is 0 Å². The number of pyridine rings is 1. The molecule has 1 unspecified atom stereocenters. The van der Waals surface area contributed by atoms with Crippen molar-refractivity contribution in [2.75, 3.05) is 12.3 Å². The third kappa shape index (κ3) is 5.08. The predicted octanol–water partition coefficient (Wildman–Crippen LogP) is 4.93. The Balaban J connectivity index is 1.80. The molecule has 0 aliphatic rings. The third-order valence-corrected chi connectivity index (χ3v) is 6.37. The second kappa shape index (κ2) is 9.72. The van der Waals surface area contributed by atoms with Gasteiger partial charge in [-0.25, -0.2) is 9.97 Å². The molecule has 34 heavy (non-hydrogen) atoms. The molecule has 6 nitrogen and oxygen atoms in total. The monoisotopic (exact) mass is 459 g/mol. The smallest absolute Gasteiger partial charge is 0.152 e. The molecule has 5 N–H and O–H groups in total. The average molecular weight is 460 g/mol. The molecule has 0 fully saturated rings. The van der Waals surface area contributed by atoms with E-state index < -0.39 is 5.60 Å². The Morgan fingerprint density at radius 2 is 1.71 bits per heavy atom. The van der Waals surface area contributed by atoms with Crippen LogP contribution in [-0.4, -0.2) is 31.8 Å². The molecule has 0 saturated heterocycles. The second-order valence-electron chi connectivity index (χ2n) is 10.1. The van der Waals surface area contributed by atoms with Gasteiger partial charge in [0.25, 0.3) is 0 Å². The van der Waals surface area contributed by atoms with Crippen LogP contribution in [0.3, 0.4) is 0 Å². The summed E-state index contributed by atoms with van der Waals surface area (Å²) in [7, 11) is 0. The van der Waals surface area contributed by atoms with Gasteiger partial charge in [-0.05, 0) is 62.4 Å². The van der Waals surface area contributed by atoms with Crippen LogP contribution in [0.2, 0.25) is 0 Å². The van der Waals surface area contributed by atoms with E-state index in [0.29, 0.717) is 18.9 Å². The zero-order valence-electron chi connectivity index (χ0n) is 20.8. The Kier molecular flexibility index (Phi) is 6.91. The number of hydrogen-bond acceptors (Lipinski definition) is 5. The molecular weight excluding hydrogens is 422 g/mol. The van der Waals surface area contributed by atoms with Crippen molar-refractivity contribution < 1.29 is 5.11 Å². The van der Waals surface area contributed by atoms with Crippen LogP contribution in [-0.2, 0) is 19.4 Å². The minimum Gasteiger partial charge on any atom is -0.389 e. The maximum Gasteiger partial charge on any atom is 0.152 e. The SMILES string of the molecule is CCCC(C)c1nc2c(N)nc3cc(Cc4ccc(CCN)cc4)ccc3c2n1CC(C)(C)O. The van der Waals surface area contributed by atoms with Crippen molar-refractivity contribution in [1.82, 2.24) is 14.5 Å². The zero-order valence-corrected chi connectivity index (χ0v) is 20.8. The fraction of sp³-hybridized carbons (Fsp3) is 0.429. The van der Waals surface area contributed by atoms with Gasteiger partial charge in [0.15, 0.2) is 5.82 Å². The topological polar surface area (TPSA) is 103 Å². The number of benzene rings is 2. The first-order valence-electron chi connectivity index (χ1n) is 12.3. The van der Waals surface area contributed by atoms with Crippen LogP contribution in [0.15, 0.2) is 42.5 Å². The van der Waals surface area contributed by atoms with Crippen LogP contribution in [0.5, 0.6) is 0 Å². The number of fused-ring (bicyclic) bond motifs is 3. The number of nitrogens with zero attached hydrogens (tertiary/aromatic N) is 3. The van der Waals surface area contributed by atoms with E-state index in [4.69, 9.17) is 21.4 Å². The number of imidazole rings is 1. The molecule has 2 aromatic heterocycles. The Bertz CT molecular complexity index is 1280. The summed E-state index contributed by atoms with van der Waals surface area (Å²) in [5.74, 6) is 1.66. The molecular formula is C28H37N5O. The van der Waals surface area contributed by atoms with Crippen molar-refractivity contribution in [2.24, 2.45) is 5.73 Å². The number of nitrogen functional groups attached to an aromatic ring is 1. The maximum absolute atomic E-state index is 10.7. The van der Waals surface area contributed by atoms with Crippen molar-refractivity contribution >= 4 is 27.8 Å². The lowest BCUT2D eigenvalue weighted by Gasteiger charge is -2.22. The van der Waals surface area contributed by atoms with Gasteiger partial charge in [0, 0.05) is 11.3 Å². The zero-order chi connectivity index (χ0) is 24.5. The van der Waals surface area contributed by atoms with E-state index in [1.165, 1.54) is 16.7 Å². The first-order chi connectivity index (χ1) is 16.2. The summed E-state index contributed by atoms with van der Waals surface area (Å²) in [6, 6.07) is 15.0. The lowest BCUT2D eigenvalue weighted by atomic mass is 10.0. The highest BCUT2D eigenvalue weighted by atomic mass is 16.3. The fourth-order valence-electron chi connectivity index (χ4n) is 4.80. The highest BCUT2D eigenvalue weighted by Gasteiger charge is 2.24. The summed E-state index contributed by atoms with van der Waals surface area (Å²) in [6.45, 7) is 9.14. The standard InChI is InChI=1S/C28H37N5O/c1-5-6-18(2)27-32-24-25(33(27)17-28(3,4)34)22-12-11-21(16-23(22)31-26(24)30)15-20-9-7-19(8-10-20)13-14-29/h7-12,16,18,34H,5-6,13-15,17,29H2,1-4H3,(H2,30,31). The van der Waals surface area contributed by atoms with Gasteiger partial charge in [-0.2, -0.15) is 0 Å². The number of nitrogens with two attached hydrogens (primary N) is 2. The van der Waals surface area contributed by atoms with Gasteiger partial charge >= 0.3 is 0 Å². The fourth-order valence-corrected chi connectivity index (χ4v) is 4.80. The molecule has 0 radical (unpaired) electrons. The molecule has 4 rings (SSSR count). The normalized spacial score (nSPS) is 13.1. The first-order valence-corrected chi connectivity index (χ1v) is 12.3. The predicted molar refractivity (Wildman–Crippen MR) is 141 cm³/mol. The highest BCUT2D eigenvalue weighted by molar-refractivity contribution is 6.06. The Labute approximate surface area is 202 Å². The van der Waals surface area contributed by atoms with Gasteiger partial charge in [0.05, 0.1) is 23.2 Å². The molecule has 2 aromatic carbocycles. The van der Waals surface area contributed by atoms with Crippen molar-refractivity contribution in [1.29, 1.82) is 0 Å². The number of aliphatic hydroxyl groups is 1. The summed E-state index contributed by atoms with van der Waals surface area (Å²) in [5.41, 5.74) is 17.4. The molecule has 6 heteroatoms. The van der Waals surface area contributed by atoms with Gasteiger partial charge in [-0.1, -0.05) is 56.7 Å². The van der Waals surface area contributed by atoms with Gasteiger partial charge in [-0.15, -0.1) is 0 Å². The number of aromatic nitrogens is 3. The average Bonchev–Trinajstić information content (AvgIpc) is 3.14. The molecule has 0 aliphatic carbocycles. The quantitative estimate of drug-likeness (QED) is 0.329. The van der Waals surface area contributed by atoms with Gasteiger partial charge in [0.2, 0.25) is 0 Å². The summed E-state index contributed by atoms with van der Waals surface area (Å²) in [4.78, 5) is 9.66. The molecule has 1 atom stereocenters. The third-order valence-electron chi connectivity index (χ3n) is 6.37. The lowest BCUT2D eigenvalue weighted by Crippen LogP contribution is -2.27. The Morgan fingerprint density at radius 1 is 1.03 bits per heavy atom. The molecule has 4 aromatic rings. The minimum absolute atomic E-state index is 0.260. The molecule has 0 spiro atoms. The van der Waals surface area contributed by atoms with Crippen LogP contribution in [0.4, 0.5) is 5.82 Å². The van der Waals surface area contributed by atoms with Crippen molar-refractivity contribution in [3.05, 3.63) is 65.0 Å². The molecule has 180 valence electrons. The second-order valence-corrected chi connectivity index (χ2v) is 10.1. The summed E-state index contributed by atoms with van der Waals surface area (Å²) >= 11 is 0. The van der Waals surface area contributed by atoms with E-state index in [1.54, 1.807) is 0 Å². The van der Waals surface area contributed by atoms with E-state index in [1.807, 2.05) is 13.8 Å². The summed E-state index contributed by atoms with van der Waals surface area (Å²) < 4.78 is 2.16. The van der Waals surface area contributed by atoms with Crippen LogP contribution in [0.25, 0.3) is 21.9 Å². The number of rotatable bonds is 9. The van der Waals surface area contributed by atoms with Crippen LogP contribution in [0.1, 0.15) is 69.0 Å². The summed E-state index contributed by atoms with van der Waals surface area (Å²) in [6.07, 6.45) is 3.80. The van der Waals surface area contributed by atoms with E-state index in [0.717, 1.165) is 53.4 Å².